The van der Waals surface area contributed by atoms with Gasteiger partial charge in [-0.1, -0.05) is 18.1 Å². The summed E-state index contributed by atoms with van der Waals surface area (Å²) in [4.78, 5) is 13.2. The Balaban J connectivity index is 2.39. The fraction of sp³-hybridized carbons (Fsp3) is 0.308. The van der Waals surface area contributed by atoms with Gasteiger partial charge in [-0.3, -0.25) is 9.69 Å². The van der Waals surface area contributed by atoms with E-state index < -0.39 is 0 Å². The molecule has 0 aliphatic rings. The molecule has 1 aromatic rings. The maximum absolute atomic E-state index is 12.7. The molecule has 0 spiro atoms. The molecule has 17 heavy (non-hydrogen) atoms. The van der Waals surface area contributed by atoms with Crippen molar-refractivity contribution in [2.24, 2.45) is 0 Å². The number of hydrogen-bond donors (Lipinski definition) is 1. The second kappa shape index (κ2) is 6.66. The molecule has 0 saturated heterocycles. The SMILES string of the molecule is C#CCNC(=O)CN(C)Cc1ccc(F)cc1. The second-order valence-corrected chi connectivity index (χ2v) is 3.78. The average Bonchev–Trinajstić information content (AvgIpc) is 2.29. The summed E-state index contributed by atoms with van der Waals surface area (Å²) in [5, 5.41) is 2.58. The highest BCUT2D eigenvalue weighted by atomic mass is 19.1. The summed E-state index contributed by atoms with van der Waals surface area (Å²) in [6, 6.07) is 6.21. The van der Waals surface area contributed by atoms with Gasteiger partial charge in [0.15, 0.2) is 0 Å². The van der Waals surface area contributed by atoms with Gasteiger partial charge in [0, 0.05) is 6.54 Å². The third-order valence-electron chi connectivity index (χ3n) is 2.17. The van der Waals surface area contributed by atoms with Crippen molar-refractivity contribution >= 4 is 5.91 Å². The van der Waals surface area contributed by atoms with E-state index in [0.29, 0.717) is 6.54 Å². The zero-order valence-corrected chi connectivity index (χ0v) is 9.74. The van der Waals surface area contributed by atoms with Crippen molar-refractivity contribution in [2.75, 3.05) is 20.1 Å². The highest BCUT2D eigenvalue weighted by Crippen LogP contribution is 2.05. The Bertz CT molecular complexity index is 408. The number of nitrogens with one attached hydrogen (secondary N) is 1. The molecule has 0 aliphatic carbocycles. The van der Waals surface area contributed by atoms with Gasteiger partial charge in [0.25, 0.3) is 0 Å². The van der Waals surface area contributed by atoms with Gasteiger partial charge in [-0.2, -0.15) is 0 Å². The molecule has 0 aromatic heterocycles. The van der Waals surface area contributed by atoms with Crippen LogP contribution in [0.2, 0.25) is 0 Å². The summed E-state index contributed by atoms with van der Waals surface area (Å²) < 4.78 is 12.7. The monoisotopic (exact) mass is 234 g/mol. The van der Waals surface area contributed by atoms with Crippen LogP contribution in [0.1, 0.15) is 5.56 Å². The van der Waals surface area contributed by atoms with E-state index in [4.69, 9.17) is 6.42 Å². The van der Waals surface area contributed by atoms with E-state index in [9.17, 15) is 9.18 Å². The van der Waals surface area contributed by atoms with E-state index in [1.165, 1.54) is 12.1 Å². The van der Waals surface area contributed by atoms with Crippen LogP contribution in [0.3, 0.4) is 0 Å². The van der Waals surface area contributed by atoms with E-state index in [2.05, 4.69) is 11.2 Å². The molecule has 0 bridgehead atoms. The lowest BCUT2D eigenvalue weighted by Gasteiger charge is -2.15. The van der Waals surface area contributed by atoms with Crippen molar-refractivity contribution < 1.29 is 9.18 Å². The zero-order valence-electron chi connectivity index (χ0n) is 9.74. The summed E-state index contributed by atoms with van der Waals surface area (Å²) in [5.74, 6) is 1.96. The van der Waals surface area contributed by atoms with Gasteiger partial charge in [-0.15, -0.1) is 6.42 Å². The van der Waals surface area contributed by atoms with Crippen LogP contribution < -0.4 is 5.32 Å². The summed E-state index contributed by atoms with van der Waals surface area (Å²) in [5.41, 5.74) is 0.957. The van der Waals surface area contributed by atoms with Crippen molar-refractivity contribution in [1.82, 2.24) is 10.2 Å². The molecular formula is C13H15FN2O. The Kier molecular flexibility index (Phi) is 5.18. The number of hydrogen-bond acceptors (Lipinski definition) is 2. The fourth-order valence-corrected chi connectivity index (χ4v) is 1.41. The van der Waals surface area contributed by atoms with Crippen LogP contribution in [-0.4, -0.2) is 30.9 Å². The Morgan fingerprint density at radius 3 is 2.71 bits per heavy atom. The van der Waals surface area contributed by atoms with Crippen molar-refractivity contribution in [3.8, 4) is 12.3 Å². The first kappa shape index (κ1) is 13.2. The van der Waals surface area contributed by atoms with Gasteiger partial charge in [0.2, 0.25) is 5.91 Å². The van der Waals surface area contributed by atoms with Gasteiger partial charge in [0.1, 0.15) is 5.82 Å². The van der Waals surface area contributed by atoms with Crippen LogP contribution in [0.15, 0.2) is 24.3 Å². The summed E-state index contributed by atoms with van der Waals surface area (Å²) in [6.45, 7) is 1.09. The van der Waals surface area contributed by atoms with Crippen molar-refractivity contribution in [1.29, 1.82) is 0 Å². The van der Waals surface area contributed by atoms with E-state index in [1.807, 2.05) is 11.9 Å². The lowest BCUT2D eigenvalue weighted by Crippen LogP contribution is -2.34. The van der Waals surface area contributed by atoms with Gasteiger partial charge in [-0.25, -0.2) is 4.39 Å². The number of carbonyl (C=O) groups excluding carboxylic acids is 1. The highest BCUT2D eigenvalue weighted by molar-refractivity contribution is 5.78. The zero-order chi connectivity index (χ0) is 12.7. The van der Waals surface area contributed by atoms with Gasteiger partial charge < -0.3 is 5.32 Å². The van der Waals surface area contributed by atoms with Gasteiger partial charge in [-0.05, 0) is 24.7 Å². The Hall–Kier alpha value is -1.86. The normalized spacial score (nSPS) is 10.0. The predicted molar refractivity (Wildman–Crippen MR) is 64.6 cm³/mol. The van der Waals surface area contributed by atoms with Crippen LogP contribution in [0.5, 0.6) is 0 Å². The topological polar surface area (TPSA) is 32.3 Å². The minimum absolute atomic E-state index is 0.118. The minimum Gasteiger partial charge on any atom is -0.344 e. The molecule has 1 N–H and O–H groups in total. The van der Waals surface area contributed by atoms with Crippen molar-refractivity contribution in [2.45, 2.75) is 6.54 Å². The third kappa shape index (κ3) is 5.14. The van der Waals surface area contributed by atoms with Crippen LogP contribution >= 0.6 is 0 Å². The first-order valence-electron chi connectivity index (χ1n) is 5.25. The largest absolute Gasteiger partial charge is 0.344 e. The quantitative estimate of drug-likeness (QED) is 0.771. The van der Waals surface area contributed by atoms with Crippen LogP contribution in [0.25, 0.3) is 0 Å². The van der Waals surface area contributed by atoms with Crippen molar-refractivity contribution in [3.63, 3.8) is 0 Å². The molecule has 0 aliphatic heterocycles. The molecule has 0 radical (unpaired) electrons. The predicted octanol–water partition coefficient (Wildman–Crippen LogP) is 1.01. The summed E-state index contributed by atoms with van der Waals surface area (Å²) in [7, 11) is 1.82. The molecule has 0 saturated carbocycles. The maximum atomic E-state index is 12.7. The number of carbonyl (C=O) groups is 1. The molecule has 0 heterocycles. The fourth-order valence-electron chi connectivity index (χ4n) is 1.41. The van der Waals surface area contributed by atoms with Crippen LogP contribution in [0.4, 0.5) is 4.39 Å². The molecule has 1 amide bonds. The first-order chi connectivity index (χ1) is 8.11. The molecule has 1 rings (SSSR count). The Morgan fingerprint density at radius 1 is 1.47 bits per heavy atom. The number of likely N-dealkylation sites (N-methyl/N-ethyl adjacent to an activating group) is 1. The molecule has 0 fully saturated rings. The Labute approximate surface area is 101 Å². The molecule has 3 nitrogen and oxygen atoms in total. The van der Waals surface area contributed by atoms with Crippen molar-refractivity contribution in [3.05, 3.63) is 35.6 Å². The van der Waals surface area contributed by atoms with Crippen LogP contribution in [-0.2, 0) is 11.3 Å². The third-order valence-corrected chi connectivity index (χ3v) is 2.17. The molecule has 0 unspecified atom stereocenters. The summed E-state index contributed by atoms with van der Waals surface area (Å²) in [6.07, 6.45) is 5.03. The number of rotatable bonds is 5. The average molecular weight is 234 g/mol. The first-order valence-corrected chi connectivity index (χ1v) is 5.25. The van der Waals surface area contributed by atoms with E-state index in [1.54, 1.807) is 12.1 Å². The smallest absolute Gasteiger partial charge is 0.234 e. The Morgan fingerprint density at radius 2 is 2.12 bits per heavy atom. The lowest BCUT2D eigenvalue weighted by molar-refractivity contribution is -0.121. The van der Waals surface area contributed by atoms with Gasteiger partial charge in [0.05, 0.1) is 13.1 Å². The highest BCUT2D eigenvalue weighted by Gasteiger charge is 2.06. The van der Waals surface area contributed by atoms with E-state index in [0.717, 1.165) is 5.56 Å². The molecule has 90 valence electrons. The maximum Gasteiger partial charge on any atom is 0.234 e. The molecule has 1 aromatic carbocycles. The number of terminal acetylenes is 1. The molecule has 0 atom stereocenters. The van der Waals surface area contributed by atoms with Crippen LogP contribution in [0, 0.1) is 18.2 Å². The number of amides is 1. The minimum atomic E-state index is -0.261. The van der Waals surface area contributed by atoms with Gasteiger partial charge >= 0.3 is 0 Å². The second-order valence-electron chi connectivity index (χ2n) is 3.78. The number of halogens is 1. The lowest BCUT2D eigenvalue weighted by atomic mass is 10.2. The standard InChI is InChI=1S/C13H15FN2O/c1-3-8-15-13(17)10-16(2)9-11-4-6-12(14)7-5-11/h1,4-7H,8-10H2,2H3,(H,15,17). The molecule has 4 heteroatoms. The number of benzene rings is 1. The summed E-state index contributed by atoms with van der Waals surface area (Å²) >= 11 is 0. The van der Waals surface area contributed by atoms with E-state index in [-0.39, 0.29) is 24.8 Å². The van der Waals surface area contributed by atoms with E-state index >= 15 is 0 Å². The number of nitrogens with zero attached hydrogens (tertiary/aromatic N) is 1. The molecular weight excluding hydrogens is 219 g/mol.